The zero-order valence-corrected chi connectivity index (χ0v) is 15.6. The minimum absolute atomic E-state index is 0.138. The number of hydrogen-bond acceptors (Lipinski definition) is 4. The largest absolute Gasteiger partial charge is 0.465 e. The summed E-state index contributed by atoms with van der Waals surface area (Å²) in [5, 5.41) is 2.90. The molecule has 1 heterocycles. The van der Waals surface area contributed by atoms with Gasteiger partial charge in [0.25, 0.3) is 0 Å². The molecule has 2 aromatic rings. The zero-order chi connectivity index (χ0) is 19.6. The van der Waals surface area contributed by atoms with Gasteiger partial charge >= 0.3 is 5.97 Å². The van der Waals surface area contributed by atoms with Gasteiger partial charge in [0, 0.05) is 24.3 Å². The number of nitrogens with zero attached hydrogens (tertiary/aromatic N) is 1. The van der Waals surface area contributed by atoms with Gasteiger partial charge in [-0.05, 0) is 55.3 Å². The molecule has 0 aromatic heterocycles. The van der Waals surface area contributed by atoms with E-state index in [0.717, 1.165) is 16.8 Å². The van der Waals surface area contributed by atoms with Gasteiger partial charge in [0.05, 0.1) is 18.6 Å². The molecule has 6 heteroatoms. The lowest BCUT2D eigenvalue weighted by molar-refractivity contribution is -0.122. The molecule has 1 aliphatic rings. The van der Waals surface area contributed by atoms with Crippen molar-refractivity contribution in [3.05, 3.63) is 59.2 Å². The Kier molecular flexibility index (Phi) is 5.26. The number of esters is 1. The van der Waals surface area contributed by atoms with Crippen LogP contribution in [0, 0.1) is 19.8 Å². The molecule has 140 valence electrons. The van der Waals surface area contributed by atoms with Crippen LogP contribution in [0.3, 0.4) is 0 Å². The Morgan fingerprint density at radius 3 is 2.48 bits per heavy atom. The number of carbonyl (C=O) groups excluding carboxylic acids is 3. The number of benzene rings is 2. The standard InChI is InChI=1S/C21H22N2O4/c1-13-7-14(2)9-17(8-13)22-20(25)16-11-19(24)23(12-16)18-6-4-5-15(10-18)21(26)27-3/h4-10,16H,11-12H2,1-3H3,(H,22,25). The first kappa shape index (κ1) is 18.6. The molecule has 1 saturated heterocycles. The number of ether oxygens (including phenoxy) is 1. The lowest BCUT2D eigenvalue weighted by Gasteiger charge is -2.17. The molecule has 0 aliphatic carbocycles. The molecule has 0 saturated carbocycles. The summed E-state index contributed by atoms with van der Waals surface area (Å²) in [5.74, 6) is -1.23. The molecule has 3 rings (SSSR count). The monoisotopic (exact) mass is 366 g/mol. The molecule has 1 atom stereocenters. The third-order valence-electron chi connectivity index (χ3n) is 4.56. The fraction of sp³-hybridized carbons (Fsp3) is 0.286. The molecule has 2 aromatic carbocycles. The second kappa shape index (κ2) is 7.61. The van der Waals surface area contributed by atoms with Crippen LogP contribution in [-0.2, 0) is 14.3 Å². The van der Waals surface area contributed by atoms with E-state index in [0.29, 0.717) is 11.3 Å². The van der Waals surface area contributed by atoms with E-state index in [9.17, 15) is 14.4 Å². The predicted octanol–water partition coefficient (Wildman–Crippen LogP) is 3.08. The smallest absolute Gasteiger partial charge is 0.337 e. The van der Waals surface area contributed by atoms with E-state index in [1.54, 1.807) is 24.3 Å². The molecule has 0 radical (unpaired) electrons. The SMILES string of the molecule is COC(=O)c1cccc(N2CC(C(=O)Nc3cc(C)cc(C)c3)CC2=O)c1. The number of hydrogen-bond donors (Lipinski definition) is 1. The van der Waals surface area contributed by atoms with Gasteiger partial charge in [-0.1, -0.05) is 12.1 Å². The van der Waals surface area contributed by atoms with Crippen LogP contribution in [0.15, 0.2) is 42.5 Å². The average molecular weight is 366 g/mol. The van der Waals surface area contributed by atoms with E-state index in [2.05, 4.69) is 5.32 Å². The number of methoxy groups -OCH3 is 1. The summed E-state index contributed by atoms with van der Waals surface area (Å²) in [7, 11) is 1.31. The Hall–Kier alpha value is -3.15. The normalized spacial score (nSPS) is 16.3. The molecule has 6 nitrogen and oxygen atoms in total. The van der Waals surface area contributed by atoms with E-state index in [-0.39, 0.29) is 24.8 Å². The van der Waals surface area contributed by atoms with Gasteiger partial charge in [0.2, 0.25) is 11.8 Å². The number of amides is 2. The number of aryl methyl sites for hydroxylation is 2. The van der Waals surface area contributed by atoms with Crippen molar-refractivity contribution < 1.29 is 19.1 Å². The Balaban J connectivity index is 1.73. The Labute approximate surface area is 158 Å². The highest BCUT2D eigenvalue weighted by Crippen LogP contribution is 2.27. The highest BCUT2D eigenvalue weighted by molar-refractivity contribution is 6.04. The molecule has 1 N–H and O–H groups in total. The molecular formula is C21H22N2O4. The molecular weight excluding hydrogens is 344 g/mol. The fourth-order valence-electron chi connectivity index (χ4n) is 3.34. The van der Waals surface area contributed by atoms with Crippen molar-refractivity contribution >= 4 is 29.2 Å². The van der Waals surface area contributed by atoms with Gasteiger partial charge in [-0.3, -0.25) is 9.59 Å². The maximum Gasteiger partial charge on any atom is 0.337 e. The van der Waals surface area contributed by atoms with Gasteiger partial charge in [-0.25, -0.2) is 4.79 Å². The van der Waals surface area contributed by atoms with Crippen molar-refractivity contribution in [1.82, 2.24) is 0 Å². The fourth-order valence-corrected chi connectivity index (χ4v) is 3.34. The Bertz CT molecular complexity index is 887. The highest BCUT2D eigenvalue weighted by atomic mass is 16.5. The number of anilines is 2. The van der Waals surface area contributed by atoms with E-state index < -0.39 is 11.9 Å². The lowest BCUT2D eigenvalue weighted by atomic mass is 10.1. The maximum absolute atomic E-state index is 12.6. The van der Waals surface area contributed by atoms with Gasteiger partial charge in [-0.15, -0.1) is 0 Å². The van der Waals surface area contributed by atoms with Crippen molar-refractivity contribution in [3.63, 3.8) is 0 Å². The van der Waals surface area contributed by atoms with Crippen molar-refractivity contribution in [3.8, 4) is 0 Å². The zero-order valence-electron chi connectivity index (χ0n) is 15.6. The topological polar surface area (TPSA) is 75.7 Å². The molecule has 1 aliphatic heterocycles. The minimum atomic E-state index is -0.465. The molecule has 1 fully saturated rings. The first-order valence-corrected chi connectivity index (χ1v) is 8.75. The maximum atomic E-state index is 12.6. The average Bonchev–Trinajstić information content (AvgIpc) is 3.02. The van der Waals surface area contributed by atoms with E-state index in [4.69, 9.17) is 4.74 Å². The van der Waals surface area contributed by atoms with Crippen LogP contribution in [0.5, 0.6) is 0 Å². The first-order valence-electron chi connectivity index (χ1n) is 8.75. The molecule has 0 spiro atoms. The summed E-state index contributed by atoms with van der Waals surface area (Å²) in [5.41, 5.74) is 3.81. The summed E-state index contributed by atoms with van der Waals surface area (Å²) in [6.07, 6.45) is 0.138. The second-order valence-electron chi connectivity index (χ2n) is 6.81. The second-order valence-corrected chi connectivity index (χ2v) is 6.81. The van der Waals surface area contributed by atoms with Crippen LogP contribution in [0.1, 0.15) is 27.9 Å². The third kappa shape index (κ3) is 4.16. The van der Waals surface area contributed by atoms with Gasteiger partial charge in [-0.2, -0.15) is 0 Å². The van der Waals surface area contributed by atoms with Gasteiger partial charge in [0.15, 0.2) is 0 Å². The third-order valence-corrected chi connectivity index (χ3v) is 4.56. The summed E-state index contributed by atoms with van der Waals surface area (Å²) < 4.78 is 4.72. The molecule has 27 heavy (non-hydrogen) atoms. The van der Waals surface area contributed by atoms with Crippen LogP contribution in [-0.4, -0.2) is 31.4 Å². The van der Waals surface area contributed by atoms with Crippen molar-refractivity contribution in [2.45, 2.75) is 20.3 Å². The quantitative estimate of drug-likeness (QED) is 0.844. The minimum Gasteiger partial charge on any atom is -0.465 e. The Morgan fingerprint density at radius 1 is 1.11 bits per heavy atom. The van der Waals surface area contributed by atoms with Crippen LogP contribution in [0.25, 0.3) is 0 Å². The van der Waals surface area contributed by atoms with Crippen LogP contribution < -0.4 is 10.2 Å². The molecule has 0 bridgehead atoms. The summed E-state index contributed by atoms with van der Waals surface area (Å²) in [6.45, 7) is 4.22. The van der Waals surface area contributed by atoms with E-state index in [1.807, 2.05) is 32.0 Å². The first-order chi connectivity index (χ1) is 12.9. The summed E-state index contributed by atoms with van der Waals surface area (Å²) >= 11 is 0. The Morgan fingerprint density at radius 2 is 1.81 bits per heavy atom. The van der Waals surface area contributed by atoms with Crippen LogP contribution in [0.2, 0.25) is 0 Å². The van der Waals surface area contributed by atoms with Crippen molar-refractivity contribution in [2.24, 2.45) is 5.92 Å². The number of rotatable bonds is 4. The summed E-state index contributed by atoms with van der Waals surface area (Å²) in [6, 6.07) is 12.5. The van der Waals surface area contributed by atoms with Gasteiger partial charge in [0.1, 0.15) is 0 Å². The highest BCUT2D eigenvalue weighted by Gasteiger charge is 2.35. The molecule has 1 unspecified atom stereocenters. The predicted molar refractivity (Wildman–Crippen MR) is 103 cm³/mol. The number of carbonyl (C=O) groups is 3. The van der Waals surface area contributed by atoms with Crippen LogP contribution in [0.4, 0.5) is 11.4 Å². The lowest BCUT2D eigenvalue weighted by Crippen LogP contribution is -2.28. The number of nitrogens with one attached hydrogen (secondary N) is 1. The van der Waals surface area contributed by atoms with Crippen molar-refractivity contribution in [2.75, 3.05) is 23.9 Å². The van der Waals surface area contributed by atoms with E-state index in [1.165, 1.54) is 12.0 Å². The molecule has 2 amide bonds. The van der Waals surface area contributed by atoms with E-state index >= 15 is 0 Å². The van der Waals surface area contributed by atoms with Crippen LogP contribution >= 0.6 is 0 Å². The summed E-state index contributed by atoms with van der Waals surface area (Å²) in [4.78, 5) is 38.3. The van der Waals surface area contributed by atoms with Gasteiger partial charge < -0.3 is 15.0 Å². The van der Waals surface area contributed by atoms with Crippen molar-refractivity contribution in [1.29, 1.82) is 0 Å².